The molecular formula is C12H24O6S. The van der Waals surface area contributed by atoms with Crippen molar-refractivity contribution in [1.82, 2.24) is 0 Å². The van der Waals surface area contributed by atoms with Crippen LogP contribution in [0.2, 0.25) is 0 Å². The van der Waals surface area contributed by atoms with Gasteiger partial charge in [0.1, 0.15) is 12.2 Å². The zero-order chi connectivity index (χ0) is 14.9. The van der Waals surface area contributed by atoms with Crippen molar-refractivity contribution < 1.29 is 26.8 Å². The van der Waals surface area contributed by atoms with Gasteiger partial charge in [-0.05, 0) is 34.6 Å². The van der Waals surface area contributed by atoms with E-state index in [0.29, 0.717) is 0 Å². The molecule has 0 aromatic heterocycles. The van der Waals surface area contributed by atoms with Crippen LogP contribution in [0.3, 0.4) is 0 Å². The van der Waals surface area contributed by atoms with Crippen LogP contribution >= 0.6 is 0 Å². The normalized spacial score (nSPS) is 25.5. The molecule has 0 aromatic carbocycles. The fourth-order valence-corrected chi connectivity index (χ4v) is 2.28. The second kappa shape index (κ2) is 5.65. The summed E-state index contributed by atoms with van der Waals surface area (Å²) >= 11 is 0. The van der Waals surface area contributed by atoms with Crippen LogP contribution < -0.4 is 0 Å². The molecule has 1 saturated heterocycles. The van der Waals surface area contributed by atoms with Crippen LogP contribution in [0.5, 0.6) is 0 Å². The largest absolute Gasteiger partial charge is 0.373 e. The molecule has 114 valence electrons. The van der Waals surface area contributed by atoms with E-state index < -0.39 is 28.1 Å². The maximum Gasteiger partial charge on any atom is 0.264 e. The van der Waals surface area contributed by atoms with Gasteiger partial charge in [0.2, 0.25) is 0 Å². The zero-order valence-electron chi connectivity index (χ0n) is 12.4. The summed E-state index contributed by atoms with van der Waals surface area (Å²) < 4.78 is 44.3. The third kappa shape index (κ3) is 6.67. The third-order valence-electron chi connectivity index (χ3n) is 2.42. The molecule has 19 heavy (non-hydrogen) atoms. The second-order valence-corrected chi connectivity index (χ2v) is 7.73. The number of hydrogen-bond donors (Lipinski definition) is 0. The molecule has 1 heterocycles. The van der Waals surface area contributed by atoms with Crippen molar-refractivity contribution >= 4 is 10.1 Å². The lowest BCUT2D eigenvalue weighted by molar-refractivity contribution is -0.156. The molecule has 0 radical (unpaired) electrons. The Morgan fingerprint density at radius 3 is 2.32 bits per heavy atom. The average Bonchev–Trinajstić information content (AvgIpc) is 2.50. The Kier molecular flexibility index (Phi) is 5.01. The summed E-state index contributed by atoms with van der Waals surface area (Å²) in [5, 5.41) is 0. The fraction of sp³-hybridized carbons (Fsp3) is 1.00. The average molecular weight is 296 g/mol. The quantitative estimate of drug-likeness (QED) is 0.712. The zero-order valence-corrected chi connectivity index (χ0v) is 13.2. The first kappa shape index (κ1) is 16.8. The van der Waals surface area contributed by atoms with E-state index in [-0.39, 0.29) is 18.8 Å². The number of hydrogen-bond acceptors (Lipinski definition) is 6. The molecule has 1 fully saturated rings. The summed E-state index contributed by atoms with van der Waals surface area (Å²) in [5.41, 5.74) is -0.381. The molecular weight excluding hydrogens is 272 g/mol. The third-order valence-corrected chi connectivity index (χ3v) is 3.02. The molecule has 0 N–H and O–H groups in total. The highest BCUT2D eigenvalue weighted by atomic mass is 32.2. The van der Waals surface area contributed by atoms with Gasteiger partial charge in [0, 0.05) is 0 Å². The highest BCUT2D eigenvalue weighted by Gasteiger charge is 2.40. The summed E-state index contributed by atoms with van der Waals surface area (Å²) in [4.78, 5) is 0. The molecule has 0 amide bonds. The summed E-state index contributed by atoms with van der Waals surface area (Å²) in [6.07, 6.45) is -0.166. The summed E-state index contributed by atoms with van der Waals surface area (Å²) in [5.74, 6) is -0.731. The van der Waals surface area contributed by atoms with Gasteiger partial charge in [0.05, 0.1) is 25.1 Å². The molecule has 1 aliphatic heterocycles. The van der Waals surface area contributed by atoms with Crippen LogP contribution in [-0.4, -0.2) is 51.5 Å². The fourth-order valence-electron chi connectivity index (χ4n) is 1.65. The minimum Gasteiger partial charge on any atom is -0.373 e. The summed E-state index contributed by atoms with van der Waals surface area (Å²) in [6, 6.07) is 0. The van der Waals surface area contributed by atoms with Gasteiger partial charge in [-0.25, -0.2) is 0 Å². The molecule has 0 spiro atoms. The van der Waals surface area contributed by atoms with Gasteiger partial charge in [-0.15, -0.1) is 0 Å². The molecule has 0 saturated carbocycles. The van der Waals surface area contributed by atoms with E-state index in [9.17, 15) is 8.42 Å². The highest BCUT2D eigenvalue weighted by Crippen LogP contribution is 2.26. The Labute approximate surface area is 115 Å². The standard InChI is InChI=1S/C12H24O6S/c1-11(2,3)15-8-10(18-19(6,13)14)9-7-16-12(4,5)17-9/h9-10H,7-8H2,1-6H3/t9-,10+/m0/s1. The molecule has 0 aliphatic carbocycles. The van der Waals surface area contributed by atoms with Crippen molar-refractivity contribution in [3.8, 4) is 0 Å². The molecule has 7 heteroatoms. The lowest BCUT2D eigenvalue weighted by Crippen LogP contribution is -2.40. The second-order valence-electron chi connectivity index (χ2n) is 6.13. The van der Waals surface area contributed by atoms with E-state index in [4.69, 9.17) is 18.4 Å². The van der Waals surface area contributed by atoms with E-state index in [1.807, 2.05) is 20.8 Å². The van der Waals surface area contributed by atoms with Crippen LogP contribution in [0.25, 0.3) is 0 Å². The van der Waals surface area contributed by atoms with Crippen molar-refractivity contribution in [3.05, 3.63) is 0 Å². The molecule has 2 atom stereocenters. The van der Waals surface area contributed by atoms with Gasteiger partial charge in [-0.2, -0.15) is 8.42 Å². The first-order chi connectivity index (χ1) is 8.38. The number of rotatable bonds is 5. The summed E-state index contributed by atoms with van der Waals surface area (Å²) in [7, 11) is -3.58. The van der Waals surface area contributed by atoms with Crippen LogP contribution in [0.4, 0.5) is 0 Å². The predicted molar refractivity (Wildman–Crippen MR) is 70.3 cm³/mol. The Hall–Kier alpha value is -0.210. The van der Waals surface area contributed by atoms with Crippen molar-refractivity contribution in [1.29, 1.82) is 0 Å². The van der Waals surface area contributed by atoms with Crippen molar-refractivity contribution in [2.75, 3.05) is 19.5 Å². The summed E-state index contributed by atoms with van der Waals surface area (Å²) in [6.45, 7) is 9.62. The van der Waals surface area contributed by atoms with Gasteiger partial charge >= 0.3 is 0 Å². The van der Waals surface area contributed by atoms with E-state index in [1.165, 1.54) is 0 Å². The minimum absolute atomic E-state index is 0.126. The first-order valence-corrected chi connectivity index (χ1v) is 8.04. The topological polar surface area (TPSA) is 71.1 Å². The van der Waals surface area contributed by atoms with Gasteiger partial charge in [0.25, 0.3) is 10.1 Å². The van der Waals surface area contributed by atoms with Crippen molar-refractivity contribution in [3.63, 3.8) is 0 Å². The number of ether oxygens (including phenoxy) is 3. The Morgan fingerprint density at radius 1 is 1.37 bits per heavy atom. The molecule has 1 aliphatic rings. The Balaban J connectivity index is 2.70. The van der Waals surface area contributed by atoms with Crippen LogP contribution in [-0.2, 0) is 28.5 Å². The van der Waals surface area contributed by atoms with E-state index >= 15 is 0 Å². The molecule has 0 bridgehead atoms. The SMILES string of the molecule is CC(C)(C)OC[C@@H](OS(C)(=O)=O)[C@@H]1COC(C)(C)O1. The van der Waals surface area contributed by atoms with E-state index in [0.717, 1.165) is 6.26 Å². The molecule has 0 aromatic rings. The minimum atomic E-state index is -3.58. The van der Waals surface area contributed by atoms with Crippen LogP contribution in [0.15, 0.2) is 0 Å². The predicted octanol–water partition coefficient (Wildman–Crippen LogP) is 1.30. The maximum atomic E-state index is 11.3. The van der Waals surface area contributed by atoms with Crippen molar-refractivity contribution in [2.45, 2.75) is 58.2 Å². The first-order valence-electron chi connectivity index (χ1n) is 6.22. The van der Waals surface area contributed by atoms with Crippen molar-refractivity contribution in [2.24, 2.45) is 0 Å². The maximum absolute atomic E-state index is 11.3. The molecule has 6 nitrogen and oxygen atoms in total. The van der Waals surface area contributed by atoms with Gasteiger partial charge in [-0.1, -0.05) is 0 Å². The van der Waals surface area contributed by atoms with Gasteiger partial charge in [0.15, 0.2) is 5.79 Å². The van der Waals surface area contributed by atoms with Gasteiger partial charge < -0.3 is 14.2 Å². The Morgan fingerprint density at radius 2 is 1.95 bits per heavy atom. The lowest BCUT2D eigenvalue weighted by Gasteiger charge is -2.27. The molecule has 1 rings (SSSR count). The Bertz CT molecular complexity index is 395. The smallest absolute Gasteiger partial charge is 0.264 e. The van der Waals surface area contributed by atoms with E-state index in [2.05, 4.69) is 0 Å². The monoisotopic (exact) mass is 296 g/mol. The van der Waals surface area contributed by atoms with Crippen LogP contribution in [0, 0.1) is 0 Å². The van der Waals surface area contributed by atoms with Gasteiger partial charge in [-0.3, -0.25) is 4.18 Å². The van der Waals surface area contributed by atoms with Crippen LogP contribution in [0.1, 0.15) is 34.6 Å². The van der Waals surface area contributed by atoms with E-state index in [1.54, 1.807) is 13.8 Å². The molecule has 0 unspecified atom stereocenters. The highest BCUT2D eigenvalue weighted by molar-refractivity contribution is 7.86. The lowest BCUT2D eigenvalue weighted by atomic mass is 10.2.